The molecule has 0 radical (unpaired) electrons. The van der Waals surface area contributed by atoms with E-state index in [0.717, 1.165) is 50.9 Å². The predicted octanol–water partition coefficient (Wildman–Crippen LogP) is 13.3. The minimum absolute atomic E-state index is 0.141. The Morgan fingerprint density at radius 2 is 0.755 bits per heavy atom. The number of ether oxygens (including phenoxy) is 5. The van der Waals surface area contributed by atoms with Gasteiger partial charge in [0.15, 0.2) is 38.4 Å². The van der Waals surface area contributed by atoms with Gasteiger partial charge in [0, 0.05) is 120 Å². The zero-order chi connectivity index (χ0) is 70.1. The molecular weight excluding hydrogens is 1450 g/mol. The molecule has 9 aromatic rings. The van der Waals surface area contributed by atoms with E-state index in [1.807, 2.05) is 35.7 Å². The normalized spacial score (nSPS) is 15.0. The number of aromatic nitrogens is 3. The molecule has 0 saturated carbocycles. The second kappa shape index (κ2) is 32.9. The highest BCUT2D eigenvalue weighted by molar-refractivity contribution is 7.89. The van der Waals surface area contributed by atoms with Crippen molar-refractivity contribution < 1.29 is 48.9 Å². The summed E-state index contributed by atoms with van der Waals surface area (Å²) in [6.07, 6.45) is 2.20. The van der Waals surface area contributed by atoms with Gasteiger partial charge in [-0.2, -0.15) is 12.9 Å². The fourth-order valence-electron chi connectivity index (χ4n) is 11.5. The quantitative estimate of drug-likeness (QED) is 0.0695. The molecule has 0 spiro atoms. The lowest BCUT2D eigenvalue weighted by Gasteiger charge is -2.33. The predicted molar refractivity (Wildman–Crippen MR) is 393 cm³/mol. The lowest BCUT2D eigenvalue weighted by atomic mass is 9.96. The average Bonchev–Trinajstić information content (AvgIpc) is 1.08. The van der Waals surface area contributed by atoms with Crippen LogP contribution in [-0.2, 0) is 49.3 Å². The highest BCUT2D eigenvalue weighted by Gasteiger charge is 2.34. The Labute approximate surface area is 605 Å². The summed E-state index contributed by atoms with van der Waals surface area (Å²) < 4.78 is 109. The summed E-state index contributed by atoms with van der Waals surface area (Å²) in [5, 5.41) is 10.0. The first-order chi connectivity index (χ1) is 46.9. The third kappa shape index (κ3) is 17.6. The molecule has 522 valence electrons. The summed E-state index contributed by atoms with van der Waals surface area (Å²) in [5.74, 6) is 2.64. The third-order valence-electron chi connectivity index (χ3n) is 16.7. The summed E-state index contributed by atoms with van der Waals surface area (Å²) in [4.78, 5) is 21.3. The van der Waals surface area contributed by atoms with E-state index in [2.05, 4.69) is 70.5 Å². The van der Waals surface area contributed by atoms with E-state index in [0.29, 0.717) is 124 Å². The number of thiazole rings is 3. The van der Waals surface area contributed by atoms with Gasteiger partial charge in [-0.1, -0.05) is 94.4 Å². The van der Waals surface area contributed by atoms with Gasteiger partial charge in [0.05, 0.1) is 87.4 Å². The second-order valence-electron chi connectivity index (χ2n) is 23.1. The van der Waals surface area contributed by atoms with Crippen LogP contribution in [0.5, 0.6) is 28.7 Å². The van der Waals surface area contributed by atoms with Crippen LogP contribution in [-0.4, -0.2) is 167 Å². The molecule has 6 aromatic carbocycles. The maximum Gasteiger partial charge on any atom is 0.243 e. The number of rotatable bonds is 20. The molecule has 3 aliphatic heterocycles. The molecule has 0 atom stereocenters. The Balaban J connectivity index is 0.000000160. The molecule has 0 N–H and O–H groups in total. The van der Waals surface area contributed by atoms with Crippen LogP contribution in [0.15, 0.2) is 140 Å². The number of methoxy groups -OCH3 is 5. The maximum atomic E-state index is 13.1. The minimum Gasteiger partial charge on any atom is -0.493 e. The number of sulfonamides is 3. The maximum absolute atomic E-state index is 13.1. The molecule has 12 rings (SSSR count). The van der Waals surface area contributed by atoms with E-state index >= 15 is 0 Å². The van der Waals surface area contributed by atoms with Gasteiger partial charge in [-0.25, -0.2) is 40.2 Å². The number of piperazine rings is 3. The number of aryl methyl sites for hydroxylation is 3. The van der Waals surface area contributed by atoms with E-state index in [4.69, 9.17) is 85.0 Å². The van der Waals surface area contributed by atoms with Crippen molar-refractivity contribution in [3.8, 4) is 28.7 Å². The van der Waals surface area contributed by atoms with Gasteiger partial charge in [0.1, 0.15) is 0 Å². The number of nitrogens with zero attached hydrogens (tertiary/aromatic N) is 9. The standard InChI is InChI=1S/C23H25Cl2N3O5S2.C23H25Cl2N3O2S2.C22H25N3O4S2/c1-31-20-11-15(12-21(32-2)22(20)33-3)10-16-14-34-23(26-16)27-6-8-28(9-7-27)35(29,30)17-4-5-18(24)19(25)13-17;1-15-10-16(2)20(17(3)11-15)12-18-14-31-23(26-18)27-6-8-28(9-7-27)32(29,30)19-4-5-21(24)22(25)13-19;1-28-20-9-8-19(15-21(20)29-2)31(26,27)25-12-10-24(11-13-25)22-23-18(16-30-22)14-17-6-4-3-5-7-17/h4-5,11-14H,6-10H2,1-3H3;4-5,10-11,13-14H,6-9,12H2,1-3H3;3-9,15-16H,10-14H2,1-2H3. The molecule has 3 fully saturated rings. The molecule has 0 unspecified atom stereocenters. The summed E-state index contributed by atoms with van der Waals surface area (Å²) in [5.41, 5.74) is 10.4. The lowest BCUT2D eigenvalue weighted by Crippen LogP contribution is -2.48. The number of halogens is 4. The topological polar surface area (TPSA) is 207 Å². The zero-order valence-electron chi connectivity index (χ0n) is 55.2. The molecule has 20 nitrogen and oxygen atoms in total. The third-order valence-corrected chi connectivity index (χ3v) is 26.7. The van der Waals surface area contributed by atoms with Gasteiger partial charge < -0.3 is 38.4 Å². The highest BCUT2D eigenvalue weighted by Crippen LogP contribution is 2.40. The smallest absolute Gasteiger partial charge is 0.243 e. The Morgan fingerprint density at radius 3 is 1.13 bits per heavy atom. The van der Waals surface area contributed by atoms with E-state index in [1.54, 1.807) is 56.1 Å². The van der Waals surface area contributed by atoms with Crippen LogP contribution < -0.4 is 38.4 Å². The van der Waals surface area contributed by atoms with Crippen molar-refractivity contribution in [3.63, 3.8) is 0 Å². The molecule has 6 heterocycles. The first kappa shape index (κ1) is 74.2. The van der Waals surface area contributed by atoms with Gasteiger partial charge in [-0.3, -0.25) is 0 Å². The van der Waals surface area contributed by atoms with Crippen LogP contribution in [0, 0.1) is 20.8 Å². The van der Waals surface area contributed by atoms with Crippen molar-refractivity contribution in [1.29, 1.82) is 0 Å². The van der Waals surface area contributed by atoms with Crippen LogP contribution in [0.1, 0.15) is 50.5 Å². The van der Waals surface area contributed by atoms with Crippen LogP contribution in [0.3, 0.4) is 0 Å². The molecule has 3 saturated heterocycles. The lowest BCUT2D eigenvalue weighted by molar-refractivity contribution is 0.324. The molecule has 3 aliphatic rings. The van der Waals surface area contributed by atoms with E-state index in [-0.39, 0.29) is 24.7 Å². The Bertz CT molecular complexity index is 4550. The molecule has 98 heavy (non-hydrogen) atoms. The Kier molecular flexibility index (Phi) is 24.9. The number of hydrogen-bond donors (Lipinski definition) is 0. The van der Waals surface area contributed by atoms with Gasteiger partial charge in [-0.15, -0.1) is 34.0 Å². The van der Waals surface area contributed by atoms with Crippen LogP contribution in [0.4, 0.5) is 15.4 Å². The monoisotopic (exact) mass is 1530 g/mol. The first-order valence-corrected chi connectivity index (χ1v) is 39.5. The zero-order valence-corrected chi connectivity index (χ0v) is 63.1. The van der Waals surface area contributed by atoms with E-state index in [9.17, 15) is 25.3 Å². The fraction of sp³-hybridized carbons (Fsp3) is 0.338. The van der Waals surface area contributed by atoms with Gasteiger partial charge in [0.2, 0.25) is 35.8 Å². The molecule has 3 aromatic heterocycles. The Hall–Kier alpha value is -6.50. The fourth-order valence-corrected chi connectivity index (χ4v) is 19.2. The van der Waals surface area contributed by atoms with Crippen molar-refractivity contribution in [1.82, 2.24) is 27.9 Å². The number of benzene rings is 6. The number of hydrogen-bond acceptors (Lipinski definition) is 20. The first-order valence-electron chi connectivity index (χ1n) is 31.0. The van der Waals surface area contributed by atoms with Gasteiger partial charge in [0.25, 0.3) is 0 Å². The Morgan fingerprint density at radius 1 is 0.388 bits per heavy atom. The molecular formula is C68H75Cl4N9O11S6. The van der Waals surface area contributed by atoms with Crippen LogP contribution in [0.2, 0.25) is 20.1 Å². The molecule has 0 aliphatic carbocycles. The number of anilines is 3. The van der Waals surface area contributed by atoms with Crippen molar-refractivity contribution in [3.05, 3.63) is 196 Å². The largest absolute Gasteiger partial charge is 0.493 e. The second-order valence-corrected chi connectivity index (χ2v) is 33.1. The van der Waals surface area contributed by atoms with Crippen molar-refractivity contribution in [2.24, 2.45) is 0 Å². The highest BCUT2D eigenvalue weighted by atomic mass is 35.5. The summed E-state index contributed by atoms with van der Waals surface area (Å²) in [7, 11) is -3.10. The molecule has 30 heteroatoms. The van der Waals surface area contributed by atoms with Crippen molar-refractivity contribution in [2.45, 2.75) is 54.7 Å². The summed E-state index contributed by atoms with van der Waals surface area (Å²) in [6.45, 7) is 12.2. The minimum atomic E-state index is -3.65. The van der Waals surface area contributed by atoms with Gasteiger partial charge in [-0.05, 0) is 109 Å². The van der Waals surface area contributed by atoms with Crippen molar-refractivity contribution in [2.75, 3.05) is 129 Å². The van der Waals surface area contributed by atoms with E-state index < -0.39 is 30.1 Å². The summed E-state index contributed by atoms with van der Waals surface area (Å²) >= 11 is 28.7. The summed E-state index contributed by atoms with van der Waals surface area (Å²) in [6, 6.07) is 32.0. The van der Waals surface area contributed by atoms with Crippen LogP contribution >= 0.6 is 80.4 Å². The molecule has 0 amide bonds. The van der Waals surface area contributed by atoms with Gasteiger partial charge >= 0.3 is 0 Å². The van der Waals surface area contributed by atoms with E-state index in [1.165, 1.54) is 109 Å². The molecule has 0 bridgehead atoms. The average molecular weight is 1530 g/mol. The SMILES string of the molecule is COc1cc(Cc2csc(N3CCN(S(=O)(=O)c4ccc(Cl)c(Cl)c4)CC3)n2)cc(OC)c1OC.COc1ccc(S(=O)(=O)N2CCN(c3nc(Cc4ccccc4)cs3)CC2)cc1OC.Cc1cc(C)c(Cc2csc(N3CCN(S(=O)(=O)c4ccc(Cl)c(Cl)c4)CC3)n2)c(C)c1. The van der Waals surface area contributed by atoms with Crippen LogP contribution in [0.25, 0.3) is 0 Å². The van der Waals surface area contributed by atoms with Crippen molar-refractivity contribution >= 4 is 126 Å².